The van der Waals surface area contributed by atoms with Crippen LogP contribution in [0.1, 0.15) is 39.2 Å². The summed E-state index contributed by atoms with van der Waals surface area (Å²) in [5.74, 6) is 0.162. The van der Waals surface area contributed by atoms with Crippen LogP contribution in [0.3, 0.4) is 0 Å². The smallest absolute Gasteiger partial charge is 0.336 e. The van der Waals surface area contributed by atoms with Crippen molar-refractivity contribution in [2.75, 3.05) is 0 Å². The lowest BCUT2D eigenvalue weighted by Crippen LogP contribution is -1.97. The number of hydrogen-bond donors (Lipinski definition) is 1. The highest BCUT2D eigenvalue weighted by atomic mass is 16.4. The molecule has 0 spiro atoms. The fourth-order valence-electron chi connectivity index (χ4n) is 2.34. The Morgan fingerprint density at radius 1 is 1.14 bits per heavy atom. The number of phenols is 1. The Hall–Kier alpha value is -2.29. The van der Waals surface area contributed by atoms with Crippen LogP contribution in [0.5, 0.6) is 5.75 Å². The van der Waals surface area contributed by atoms with Crippen LogP contribution in [0.4, 0.5) is 0 Å². The maximum absolute atomic E-state index is 11.4. The van der Waals surface area contributed by atoms with Crippen molar-refractivity contribution in [3.05, 3.63) is 63.5 Å². The van der Waals surface area contributed by atoms with Crippen molar-refractivity contribution in [3.8, 4) is 5.75 Å². The van der Waals surface area contributed by atoms with E-state index in [0.717, 1.165) is 18.2 Å². The SMILES string of the molecule is CC(C)=CCCC(C)=CCc1c(O)ccc2ccc(=O)oc12. The van der Waals surface area contributed by atoms with Crippen molar-refractivity contribution in [3.63, 3.8) is 0 Å². The third-order valence-corrected chi connectivity index (χ3v) is 3.61. The quantitative estimate of drug-likeness (QED) is 0.641. The lowest BCUT2D eigenvalue weighted by Gasteiger charge is -2.06. The summed E-state index contributed by atoms with van der Waals surface area (Å²) in [6, 6.07) is 6.51. The Labute approximate surface area is 130 Å². The first-order chi connectivity index (χ1) is 10.5. The molecule has 1 heterocycles. The molecule has 3 heteroatoms. The molecule has 3 nitrogen and oxygen atoms in total. The monoisotopic (exact) mass is 298 g/mol. The van der Waals surface area contributed by atoms with Crippen LogP contribution in [0.2, 0.25) is 0 Å². The van der Waals surface area contributed by atoms with Gasteiger partial charge >= 0.3 is 5.63 Å². The molecule has 0 atom stereocenters. The standard InChI is InChI=1S/C19H22O3/c1-13(2)5-4-6-14(3)7-10-16-17(20)11-8-15-9-12-18(21)22-19(15)16/h5,7-9,11-12,20H,4,6,10H2,1-3H3. The van der Waals surface area contributed by atoms with Gasteiger partial charge in [0.15, 0.2) is 0 Å². The largest absolute Gasteiger partial charge is 0.508 e. The normalized spacial score (nSPS) is 11.7. The minimum Gasteiger partial charge on any atom is -0.508 e. The zero-order valence-electron chi connectivity index (χ0n) is 13.3. The van der Waals surface area contributed by atoms with Gasteiger partial charge in [0.25, 0.3) is 0 Å². The summed E-state index contributed by atoms with van der Waals surface area (Å²) in [5, 5.41) is 10.9. The van der Waals surface area contributed by atoms with Crippen molar-refractivity contribution in [1.82, 2.24) is 0 Å². The second-order valence-corrected chi connectivity index (χ2v) is 5.81. The van der Waals surface area contributed by atoms with Gasteiger partial charge in [-0.2, -0.15) is 0 Å². The van der Waals surface area contributed by atoms with Crippen LogP contribution in [-0.2, 0) is 6.42 Å². The number of rotatable bonds is 5. The second-order valence-electron chi connectivity index (χ2n) is 5.81. The van der Waals surface area contributed by atoms with Gasteiger partial charge in [-0.3, -0.25) is 0 Å². The van der Waals surface area contributed by atoms with Gasteiger partial charge in [-0.15, -0.1) is 0 Å². The lowest BCUT2D eigenvalue weighted by atomic mass is 10.0. The molecule has 0 radical (unpaired) electrons. The fraction of sp³-hybridized carbons (Fsp3) is 0.316. The van der Waals surface area contributed by atoms with Gasteiger partial charge in [-0.25, -0.2) is 4.79 Å². The third-order valence-electron chi connectivity index (χ3n) is 3.61. The molecular formula is C19H22O3. The Balaban J connectivity index is 2.24. The molecule has 0 unspecified atom stereocenters. The van der Waals surface area contributed by atoms with E-state index in [9.17, 15) is 9.90 Å². The minimum absolute atomic E-state index is 0.162. The Morgan fingerprint density at radius 2 is 1.86 bits per heavy atom. The molecule has 2 rings (SSSR count). The lowest BCUT2D eigenvalue weighted by molar-refractivity contribution is 0.466. The third kappa shape index (κ3) is 4.10. The van der Waals surface area contributed by atoms with E-state index < -0.39 is 5.63 Å². The number of fused-ring (bicyclic) bond motifs is 1. The summed E-state index contributed by atoms with van der Waals surface area (Å²) in [6.07, 6.45) is 6.85. The van der Waals surface area contributed by atoms with Crippen LogP contribution in [0.25, 0.3) is 11.0 Å². The van der Waals surface area contributed by atoms with Gasteiger partial charge < -0.3 is 9.52 Å². The fourth-order valence-corrected chi connectivity index (χ4v) is 2.34. The van der Waals surface area contributed by atoms with Crippen molar-refractivity contribution in [1.29, 1.82) is 0 Å². The first kappa shape index (κ1) is 16.1. The molecule has 116 valence electrons. The molecule has 2 aromatic rings. The molecule has 0 bridgehead atoms. The van der Waals surface area contributed by atoms with Gasteiger partial charge in [0.05, 0.1) is 0 Å². The van der Waals surface area contributed by atoms with Crippen LogP contribution >= 0.6 is 0 Å². The Bertz CT molecular complexity index is 775. The number of benzene rings is 1. The molecule has 0 saturated carbocycles. The molecule has 0 saturated heterocycles. The summed E-state index contributed by atoms with van der Waals surface area (Å²) in [6.45, 7) is 6.27. The summed E-state index contributed by atoms with van der Waals surface area (Å²) in [5.41, 5.74) is 3.31. The number of allylic oxidation sites excluding steroid dienone is 4. The first-order valence-electron chi connectivity index (χ1n) is 7.51. The van der Waals surface area contributed by atoms with Crippen LogP contribution < -0.4 is 5.63 Å². The van der Waals surface area contributed by atoms with Crippen molar-refractivity contribution in [2.24, 2.45) is 0 Å². The topological polar surface area (TPSA) is 50.4 Å². The van der Waals surface area contributed by atoms with E-state index in [-0.39, 0.29) is 5.75 Å². The Morgan fingerprint density at radius 3 is 2.59 bits per heavy atom. The van der Waals surface area contributed by atoms with E-state index in [2.05, 4.69) is 32.9 Å². The molecule has 0 amide bonds. The van der Waals surface area contributed by atoms with Crippen molar-refractivity contribution in [2.45, 2.75) is 40.0 Å². The van der Waals surface area contributed by atoms with E-state index in [1.807, 2.05) is 0 Å². The minimum atomic E-state index is -0.399. The van der Waals surface area contributed by atoms with E-state index in [1.165, 1.54) is 17.2 Å². The second kappa shape index (κ2) is 7.12. The van der Waals surface area contributed by atoms with E-state index in [4.69, 9.17) is 4.42 Å². The van der Waals surface area contributed by atoms with Gasteiger partial charge in [0, 0.05) is 17.0 Å². The maximum atomic E-state index is 11.4. The van der Waals surface area contributed by atoms with Gasteiger partial charge in [-0.05, 0) is 58.2 Å². The van der Waals surface area contributed by atoms with Gasteiger partial charge in [0.1, 0.15) is 11.3 Å². The zero-order valence-corrected chi connectivity index (χ0v) is 13.3. The summed E-state index contributed by atoms with van der Waals surface area (Å²) >= 11 is 0. The first-order valence-corrected chi connectivity index (χ1v) is 7.51. The van der Waals surface area contributed by atoms with Crippen LogP contribution in [0.15, 0.2) is 56.8 Å². The van der Waals surface area contributed by atoms with Crippen LogP contribution in [0, 0.1) is 0 Å². The average Bonchev–Trinajstić information content (AvgIpc) is 2.45. The molecule has 1 N–H and O–H groups in total. The molecular weight excluding hydrogens is 276 g/mol. The summed E-state index contributed by atoms with van der Waals surface area (Å²) in [7, 11) is 0. The van der Waals surface area contributed by atoms with Crippen LogP contribution in [-0.4, -0.2) is 5.11 Å². The van der Waals surface area contributed by atoms with E-state index in [1.54, 1.807) is 18.2 Å². The molecule has 22 heavy (non-hydrogen) atoms. The Kier molecular flexibility index (Phi) is 5.21. The summed E-state index contributed by atoms with van der Waals surface area (Å²) in [4.78, 5) is 11.4. The van der Waals surface area contributed by atoms with Crippen molar-refractivity contribution < 1.29 is 9.52 Å². The molecule has 0 fully saturated rings. The predicted molar refractivity (Wildman–Crippen MR) is 90.3 cm³/mol. The van der Waals surface area contributed by atoms with Crippen molar-refractivity contribution >= 4 is 11.0 Å². The molecule has 0 aliphatic rings. The maximum Gasteiger partial charge on any atom is 0.336 e. The highest BCUT2D eigenvalue weighted by molar-refractivity contribution is 5.82. The number of hydrogen-bond acceptors (Lipinski definition) is 3. The average molecular weight is 298 g/mol. The van der Waals surface area contributed by atoms with E-state index >= 15 is 0 Å². The van der Waals surface area contributed by atoms with Gasteiger partial charge in [-0.1, -0.05) is 23.3 Å². The number of phenolic OH excluding ortho intramolecular Hbond substituents is 1. The molecule has 1 aromatic carbocycles. The predicted octanol–water partition coefficient (Wildman–Crippen LogP) is 4.73. The highest BCUT2D eigenvalue weighted by Gasteiger charge is 2.08. The summed E-state index contributed by atoms with van der Waals surface area (Å²) < 4.78 is 5.26. The number of aromatic hydroxyl groups is 1. The van der Waals surface area contributed by atoms with Gasteiger partial charge in [0.2, 0.25) is 0 Å². The molecule has 0 aliphatic carbocycles. The zero-order chi connectivity index (χ0) is 16.1. The molecule has 0 aliphatic heterocycles. The molecule has 1 aromatic heterocycles. The highest BCUT2D eigenvalue weighted by Crippen LogP contribution is 2.27. The van der Waals surface area contributed by atoms with E-state index in [0.29, 0.717) is 17.6 Å².